The van der Waals surface area contributed by atoms with E-state index in [0.29, 0.717) is 11.8 Å². The summed E-state index contributed by atoms with van der Waals surface area (Å²) in [6.45, 7) is 0. The van der Waals surface area contributed by atoms with Gasteiger partial charge in [0, 0.05) is 17.9 Å². The Morgan fingerprint density at radius 3 is 2.75 bits per heavy atom. The standard InChI is InChI=1S/C14H19N5S/c15-11-7-6-10(8-11)13-18-19-12(16-17-14(19)20-13)9-4-2-1-3-5-9/h6-7,9-11H,1-5,8,15H2. The van der Waals surface area contributed by atoms with Gasteiger partial charge in [0.25, 0.3) is 0 Å². The molecule has 0 radical (unpaired) electrons. The Kier molecular flexibility index (Phi) is 3.07. The molecule has 0 amide bonds. The quantitative estimate of drug-likeness (QED) is 0.863. The van der Waals surface area contributed by atoms with E-state index in [1.165, 1.54) is 32.1 Å². The summed E-state index contributed by atoms with van der Waals surface area (Å²) in [6, 6.07) is 0.173. The smallest absolute Gasteiger partial charge is 0.234 e. The molecule has 2 aromatic heterocycles. The monoisotopic (exact) mass is 289 g/mol. The lowest BCUT2D eigenvalue weighted by Gasteiger charge is -2.18. The van der Waals surface area contributed by atoms with Crippen molar-refractivity contribution in [3.63, 3.8) is 0 Å². The molecular weight excluding hydrogens is 270 g/mol. The zero-order valence-electron chi connectivity index (χ0n) is 11.4. The van der Waals surface area contributed by atoms with Crippen LogP contribution in [0.4, 0.5) is 0 Å². The first kappa shape index (κ1) is 12.5. The second-order valence-electron chi connectivity index (χ2n) is 5.92. The number of nitrogens with two attached hydrogens (primary N) is 1. The molecule has 20 heavy (non-hydrogen) atoms. The molecule has 6 heteroatoms. The molecule has 2 aliphatic carbocycles. The van der Waals surface area contributed by atoms with E-state index in [9.17, 15) is 0 Å². The van der Waals surface area contributed by atoms with E-state index < -0.39 is 0 Å². The highest BCUT2D eigenvalue weighted by molar-refractivity contribution is 7.16. The lowest BCUT2D eigenvalue weighted by Crippen LogP contribution is -2.14. The molecule has 0 saturated heterocycles. The Balaban J connectivity index is 1.66. The third kappa shape index (κ3) is 2.07. The lowest BCUT2D eigenvalue weighted by molar-refractivity contribution is 0.422. The SMILES string of the molecule is NC1C=CC(c2nn3c(C4CCCCC4)nnc3s2)C1. The van der Waals surface area contributed by atoms with Crippen molar-refractivity contribution in [2.45, 2.75) is 56.4 Å². The van der Waals surface area contributed by atoms with Gasteiger partial charge in [0.05, 0.1) is 0 Å². The third-order valence-corrected chi connectivity index (χ3v) is 5.47. The fourth-order valence-corrected chi connectivity index (χ4v) is 4.26. The molecule has 2 atom stereocenters. The highest BCUT2D eigenvalue weighted by atomic mass is 32.1. The second kappa shape index (κ2) is 4.93. The third-order valence-electron chi connectivity index (χ3n) is 4.43. The van der Waals surface area contributed by atoms with Crippen LogP contribution in [0.3, 0.4) is 0 Å². The van der Waals surface area contributed by atoms with E-state index >= 15 is 0 Å². The predicted octanol–water partition coefficient (Wildman–Crippen LogP) is 2.60. The summed E-state index contributed by atoms with van der Waals surface area (Å²) in [5.41, 5.74) is 5.93. The van der Waals surface area contributed by atoms with Crippen LogP contribution < -0.4 is 5.73 Å². The molecule has 2 aromatic rings. The van der Waals surface area contributed by atoms with E-state index in [1.807, 2.05) is 4.52 Å². The molecule has 106 valence electrons. The van der Waals surface area contributed by atoms with Crippen LogP contribution in [0.25, 0.3) is 4.96 Å². The Labute approximate surface area is 121 Å². The van der Waals surface area contributed by atoms with Gasteiger partial charge in [-0.3, -0.25) is 0 Å². The van der Waals surface area contributed by atoms with Crippen LogP contribution in [0.2, 0.25) is 0 Å². The van der Waals surface area contributed by atoms with Crippen LogP contribution in [-0.4, -0.2) is 25.9 Å². The molecule has 1 fully saturated rings. The Morgan fingerprint density at radius 1 is 1.15 bits per heavy atom. The van der Waals surface area contributed by atoms with Crippen molar-refractivity contribution in [3.05, 3.63) is 23.0 Å². The van der Waals surface area contributed by atoms with Crippen molar-refractivity contribution < 1.29 is 0 Å². The van der Waals surface area contributed by atoms with E-state index in [2.05, 4.69) is 22.3 Å². The number of hydrogen-bond acceptors (Lipinski definition) is 5. The van der Waals surface area contributed by atoms with E-state index in [1.54, 1.807) is 11.3 Å². The second-order valence-corrected chi connectivity index (χ2v) is 6.91. The number of aromatic nitrogens is 4. The van der Waals surface area contributed by atoms with Crippen molar-refractivity contribution in [3.8, 4) is 0 Å². The molecule has 2 aliphatic rings. The number of hydrogen-bond donors (Lipinski definition) is 1. The minimum Gasteiger partial charge on any atom is -0.324 e. The largest absolute Gasteiger partial charge is 0.324 e. The van der Waals surface area contributed by atoms with Crippen LogP contribution >= 0.6 is 11.3 Å². The van der Waals surface area contributed by atoms with Crippen molar-refractivity contribution in [1.82, 2.24) is 19.8 Å². The Hall–Kier alpha value is -1.27. The topological polar surface area (TPSA) is 69.1 Å². The highest BCUT2D eigenvalue weighted by Crippen LogP contribution is 2.34. The highest BCUT2D eigenvalue weighted by Gasteiger charge is 2.26. The summed E-state index contributed by atoms with van der Waals surface area (Å²) in [6.07, 6.45) is 11.6. The minimum absolute atomic E-state index is 0.173. The lowest BCUT2D eigenvalue weighted by atomic mass is 9.89. The van der Waals surface area contributed by atoms with Gasteiger partial charge in [-0.25, -0.2) is 0 Å². The molecule has 0 aromatic carbocycles. The van der Waals surface area contributed by atoms with Crippen LogP contribution in [0, 0.1) is 0 Å². The Morgan fingerprint density at radius 2 is 2.00 bits per heavy atom. The molecule has 1 saturated carbocycles. The summed E-state index contributed by atoms with van der Waals surface area (Å²) in [7, 11) is 0. The molecule has 5 nitrogen and oxygen atoms in total. The maximum absolute atomic E-state index is 5.93. The number of fused-ring (bicyclic) bond motifs is 1. The van der Waals surface area contributed by atoms with Gasteiger partial charge in [0.15, 0.2) is 5.82 Å². The zero-order chi connectivity index (χ0) is 13.5. The summed E-state index contributed by atoms with van der Waals surface area (Å²) >= 11 is 1.65. The van der Waals surface area contributed by atoms with Gasteiger partial charge in [-0.2, -0.15) is 9.61 Å². The van der Waals surface area contributed by atoms with Gasteiger partial charge in [0.1, 0.15) is 5.01 Å². The average Bonchev–Trinajstić information content (AvgIpc) is 3.13. The van der Waals surface area contributed by atoms with E-state index in [4.69, 9.17) is 10.8 Å². The van der Waals surface area contributed by atoms with Crippen LogP contribution in [0.1, 0.15) is 61.2 Å². The van der Waals surface area contributed by atoms with E-state index in [0.717, 1.165) is 22.2 Å². The van der Waals surface area contributed by atoms with Gasteiger partial charge in [-0.05, 0) is 19.3 Å². The van der Waals surface area contributed by atoms with Crippen molar-refractivity contribution in [2.24, 2.45) is 5.73 Å². The van der Waals surface area contributed by atoms with Crippen LogP contribution in [0.15, 0.2) is 12.2 Å². The minimum atomic E-state index is 0.173. The fraction of sp³-hybridized carbons (Fsp3) is 0.643. The van der Waals surface area contributed by atoms with Gasteiger partial charge in [-0.15, -0.1) is 10.2 Å². The first-order chi connectivity index (χ1) is 9.81. The first-order valence-electron chi connectivity index (χ1n) is 7.47. The van der Waals surface area contributed by atoms with Gasteiger partial charge >= 0.3 is 0 Å². The molecule has 2 heterocycles. The van der Waals surface area contributed by atoms with E-state index in [-0.39, 0.29) is 6.04 Å². The molecular formula is C14H19N5S. The maximum atomic E-state index is 5.93. The van der Waals surface area contributed by atoms with Gasteiger partial charge < -0.3 is 5.73 Å². The summed E-state index contributed by atoms with van der Waals surface area (Å²) in [4.78, 5) is 0.925. The number of rotatable bonds is 2. The summed E-state index contributed by atoms with van der Waals surface area (Å²) in [5, 5.41) is 14.6. The molecule has 0 bridgehead atoms. The zero-order valence-corrected chi connectivity index (χ0v) is 12.2. The van der Waals surface area contributed by atoms with Crippen LogP contribution in [0.5, 0.6) is 0 Å². The molecule has 2 unspecified atom stereocenters. The predicted molar refractivity (Wildman–Crippen MR) is 79.0 cm³/mol. The average molecular weight is 289 g/mol. The normalized spacial score (nSPS) is 27.6. The fourth-order valence-electron chi connectivity index (χ4n) is 3.32. The van der Waals surface area contributed by atoms with Crippen molar-refractivity contribution in [1.29, 1.82) is 0 Å². The van der Waals surface area contributed by atoms with Gasteiger partial charge in [-0.1, -0.05) is 42.8 Å². The summed E-state index contributed by atoms with van der Waals surface area (Å²) < 4.78 is 1.98. The first-order valence-corrected chi connectivity index (χ1v) is 8.29. The molecule has 2 N–H and O–H groups in total. The molecule has 4 rings (SSSR count). The van der Waals surface area contributed by atoms with Crippen molar-refractivity contribution >= 4 is 16.3 Å². The summed E-state index contributed by atoms with van der Waals surface area (Å²) in [5.74, 6) is 1.96. The molecule has 0 aliphatic heterocycles. The van der Waals surface area contributed by atoms with Crippen molar-refractivity contribution in [2.75, 3.05) is 0 Å². The number of allylic oxidation sites excluding steroid dienone is 1. The molecule has 0 spiro atoms. The number of nitrogens with zero attached hydrogens (tertiary/aromatic N) is 4. The Bertz CT molecular complexity index is 637. The maximum Gasteiger partial charge on any atom is 0.234 e. The van der Waals surface area contributed by atoms with Gasteiger partial charge in [0.2, 0.25) is 4.96 Å². The van der Waals surface area contributed by atoms with Crippen LogP contribution in [-0.2, 0) is 0 Å².